The second-order valence-electron chi connectivity index (χ2n) is 7.64. The molecule has 2 N–H and O–H groups in total. The topological polar surface area (TPSA) is 53.1 Å². The van der Waals surface area contributed by atoms with Crippen LogP contribution in [0.3, 0.4) is 0 Å². The van der Waals surface area contributed by atoms with E-state index in [1.54, 1.807) is 6.07 Å². The van der Waals surface area contributed by atoms with Crippen molar-refractivity contribution in [2.75, 3.05) is 0 Å². The maximum absolute atomic E-state index is 13.9. The van der Waals surface area contributed by atoms with Gasteiger partial charge in [-0.3, -0.25) is 4.79 Å². The lowest BCUT2D eigenvalue weighted by atomic mass is 9.81. The molecular weight excluding hydrogens is 341 g/mol. The number of carbonyl (C=O) groups excluding carboxylic acids is 1. The number of ketones is 1. The van der Waals surface area contributed by atoms with E-state index in [1.807, 2.05) is 30.3 Å². The van der Waals surface area contributed by atoms with Crippen molar-refractivity contribution in [1.82, 2.24) is 4.98 Å². The zero-order chi connectivity index (χ0) is 18.9. The number of hydrogen-bond acceptors (Lipinski definition) is 2. The Kier molecular flexibility index (Phi) is 4.83. The van der Waals surface area contributed by atoms with Crippen LogP contribution in [0.5, 0.6) is 0 Å². The fourth-order valence-corrected chi connectivity index (χ4v) is 4.21. The highest BCUT2D eigenvalue weighted by Gasteiger charge is 2.30. The Morgan fingerprint density at radius 1 is 1.07 bits per heavy atom. The predicted octanol–water partition coefficient (Wildman–Crippen LogP) is 5.63. The van der Waals surface area contributed by atoms with Crippen LogP contribution in [-0.2, 0) is 0 Å². The minimum absolute atomic E-state index is 0.0375. The third-order valence-corrected chi connectivity index (χ3v) is 5.70. The molecule has 3 nitrogen and oxygen atoms in total. The number of Topliss-reactive ketones (excluding diaryl/α,β-unsaturated/α-hetero) is 1. The molecule has 1 aromatic heterocycles. The number of fused-ring (bicyclic) bond motifs is 1. The molecule has 0 bridgehead atoms. The summed E-state index contributed by atoms with van der Waals surface area (Å²) < 4.78 is 13.9. The van der Waals surface area contributed by atoms with E-state index in [0.29, 0.717) is 17.5 Å². The van der Waals surface area contributed by atoms with Crippen molar-refractivity contribution in [3.63, 3.8) is 0 Å². The van der Waals surface area contributed by atoms with Crippen LogP contribution < -0.4 is 0 Å². The van der Waals surface area contributed by atoms with Crippen LogP contribution in [0.15, 0.2) is 48.5 Å². The van der Waals surface area contributed by atoms with Gasteiger partial charge in [0.05, 0.1) is 11.3 Å². The van der Waals surface area contributed by atoms with Gasteiger partial charge in [-0.25, -0.2) is 4.39 Å². The molecule has 1 saturated carbocycles. The normalized spacial score (nSPS) is 16.5. The van der Waals surface area contributed by atoms with E-state index < -0.39 is 5.60 Å². The Bertz CT molecular complexity index is 955. The van der Waals surface area contributed by atoms with E-state index in [0.717, 1.165) is 48.7 Å². The largest absolute Gasteiger partial charge is 0.390 e. The number of aliphatic hydroxyl groups is 1. The second-order valence-corrected chi connectivity index (χ2v) is 7.64. The summed E-state index contributed by atoms with van der Waals surface area (Å²) in [6.45, 7) is 0. The Hall–Kier alpha value is -2.46. The average molecular weight is 365 g/mol. The molecule has 1 aliphatic carbocycles. The summed E-state index contributed by atoms with van der Waals surface area (Å²) in [5, 5.41) is 11.4. The molecule has 0 aliphatic heterocycles. The highest BCUT2D eigenvalue weighted by atomic mass is 19.1. The number of carbonyl (C=O) groups is 1. The molecule has 3 aromatic rings. The van der Waals surface area contributed by atoms with E-state index in [1.165, 1.54) is 12.1 Å². The van der Waals surface area contributed by atoms with Gasteiger partial charge < -0.3 is 10.1 Å². The van der Waals surface area contributed by atoms with Gasteiger partial charge in [-0.2, -0.15) is 0 Å². The number of rotatable bonds is 5. The van der Waals surface area contributed by atoms with Crippen LogP contribution in [0.1, 0.15) is 55.4 Å². The first-order valence-electron chi connectivity index (χ1n) is 9.68. The summed E-state index contributed by atoms with van der Waals surface area (Å²) >= 11 is 0. The zero-order valence-corrected chi connectivity index (χ0v) is 15.3. The Morgan fingerprint density at radius 3 is 2.56 bits per heavy atom. The van der Waals surface area contributed by atoms with E-state index in [4.69, 9.17) is 0 Å². The molecular formula is C23H24FNO2. The lowest BCUT2D eigenvalue weighted by Gasteiger charge is -2.31. The average Bonchev–Trinajstić information content (AvgIpc) is 3.06. The molecule has 0 amide bonds. The third-order valence-electron chi connectivity index (χ3n) is 5.70. The summed E-state index contributed by atoms with van der Waals surface area (Å²) in [5.74, 6) is -0.362. The van der Waals surface area contributed by atoms with Gasteiger partial charge in [0.2, 0.25) is 0 Å². The Labute approximate surface area is 158 Å². The third kappa shape index (κ3) is 3.67. The van der Waals surface area contributed by atoms with Gasteiger partial charge in [0.15, 0.2) is 5.78 Å². The Balaban J connectivity index is 1.69. The first-order chi connectivity index (χ1) is 13.1. The molecule has 4 rings (SSSR count). The van der Waals surface area contributed by atoms with Crippen molar-refractivity contribution in [3.8, 4) is 11.1 Å². The molecule has 1 aliphatic rings. The maximum atomic E-state index is 13.9. The lowest BCUT2D eigenvalue weighted by molar-refractivity contribution is -0.00457. The first kappa shape index (κ1) is 17.9. The van der Waals surface area contributed by atoms with Crippen LogP contribution in [0, 0.1) is 5.82 Å². The van der Waals surface area contributed by atoms with E-state index in [-0.39, 0.29) is 18.0 Å². The summed E-state index contributed by atoms with van der Waals surface area (Å²) in [4.78, 5) is 16.2. The van der Waals surface area contributed by atoms with Gasteiger partial charge in [0.1, 0.15) is 5.82 Å². The summed E-state index contributed by atoms with van der Waals surface area (Å²) in [7, 11) is 0. The van der Waals surface area contributed by atoms with E-state index in [2.05, 4.69) is 4.98 Å². The number of benzene rings is 2. The number of aromatic nitrogens is 1. The number of H-pyrrole nitrogens is 1. The molecule has 0 radical (unpaired) electrons. The van der Waals surface area contributed by atoms with Gasteiger partial charge >= 0.3 is 0 Å². The predicted molar refractivity (Wildman–Crippen MR) is 105 cm³/mol. The highest BCUT2D eigenvalue weighted by molar-refractivity contribution is 6.10. The molecule has 0 unspecified atom stereocenters. The minimum atomic E-state index is -0.723. The van der Waals surface area contributed by atoms with Crippen molar-refractivity contribution in [1.29, 1.82) is 0 Å². The molecule has 1 heterocycles. The van der Waals surface area contributed by atoms with Crippen molar-refractivity contribution >= 4 is 16.7 Å². The number of aromatic amines is 1. The fraction of sp³-hybridized carbons (Fsp3) is 0.348. The van der Waals surface area contributed by atoms with Crippen LogP contribution in [0.2, 0.25) is 0 Å². The first-order valence-corrected chi connectivity index (χ1v) is 9.68. The van der Waals surface area contributed by atoms with Crippen LogP contribution in [0.25, 0.3) is 22.0 Å². The molecule has 0 spiro atoms. The molecule has 1 fully saturated rings. The molecule has 2 aromatic carbocycles. The highest BCUT2D eigenvalue weighted by Crippen LogP contribution is 2.36. The van der Waals surface area contributed by atoms with Gasteiger partial charge in [-0.15, -0.1) is 0 Å². The standard InChI is InChI=1S/C23H24FNO2/c24-17-9-10-19-18(15-17)21(16-7-3-1-4-8-16)22(25-19)20(26)11-14-23(27)12-5-2-6-13-23/h1,3-4,7-10,15,25,27H,2,5-6,11-14H2. The van der Waals surface area contributed by atoms with Crippen LogP contribution in [-0.4, -0.2) is 21.5 Å². The maximum Gasteiger partial charge on any atom is 0.179 e. The minimum Gasteiger partial charge on any atom is -0.390 e. The van der Waals surface area contributed by atoms with Crippen LogP contribution in [0.4, 0.5) is 4.39 Å². The van der Waals surface area contributed by atoms with Gasteiger partial charge in [-0.05, 0) is 43.0 Å². The monoisotopic (exact) mass is 365 g/mol. The number of nitrogens with one attached hydrogen (secondary N) is 1. The summed E-state index contributed by atoms with van der Waals surface area (Å²) in [6, 6.07) is 14.1. The van der Waals surface area contributed by atoms with E-state index >= 15 is 0 Å². The zero-order valence-electron chi connectivity index (χ0n) is 15.3. The van der Waals surface area contributed by atoms with Gasteiger partial charge in [0, 0.05) is 22.9 Å². The molecule has 140 valence electrons. The van der Waals surface area contributed by atoms with Crippen LogP contribution >= 0.6 is 0 Å². The molecule has 4 heteroatoms. The summed E-state index contributed by atoms with van der Waals surface area (Å²) in [5.41, 5.74) is 2.15. The van der Waals surface area contributed by atoms with Gasteiger partial charge in [0.25, 0.3) is 0 Å². The van der Waals surface area contributed by atoms with Crippen molar-refractivity contribution in [2.24, 2.45) is 0 Å². The SMILES string of the molecule is O=C(CCC1(O)CCCCC1)c1[nH]c2ccc(F)cc2c1-c1ccccc1. The lowest BCUT2D eigenvalue weighted by Crippen LogP contribution is -2.31. The van der Waals surface area contributed by atoms with Crippen molar-refractivity contribution in [3.05, 3.63) is 60.0 Å². The smallest absolute Gasteiger partial charge is 0.179 e. The quantitative estimate of drug-likeness (QED) is 0.576. The van der Waals surface area contributed by atoms with Crippen molar-refractivity contribution in [2.45, 2.75) is 50.5 Å². The molecule has 0 saturated heterocycles. The molecule has 0 atom stereocenters. The fourth-order valence-electron chi connectivity index (χ4n) is 4.21. The molecule has 27 heavy (non-hydrogen) atoms. The Morgan fingerprint density at radius 2 is 1.81 bits per heavy atom. The van der Waals surface area contributed by atoms with Gasteiger partial charge in [-0.1, -0.05) is 49.6 Å². The number of hydrogen-bond donors (Lipinski definition) is 2. The summed E-state index contributed by atoms with van der Waals surface area (Å²) in [6.07, 6.45) is 5.49. The van der Waals surface area contributed by atoms with E-state index in [9.17, 15) is 14.3 Å². The number of halogens is 1. The second kappa shape index (κ2) is 7.28. The van der Waals surface area contributed by atoms with Crippen molar-refractivity contribution < 1.29 is 14.3 Å².